The van der Waals surface area contributed by atoms with Crippen LogP contribution in [0.1, 0.15) is 0 Å². The highest BCUT2D eigenvalue weighted by Gasteiger charge is 2.19. The maximum Gasteiger partial charge on any atom is 0.164 e. The minimum Gasteiger partial charge on any atom is -0.228 e. The lowest BCUT2D eigenvalue weighted by atomic mass is 10.00. The third kappa shape index (κ3) is 13.9. The minimum atomic E-state index is 0.623. The molecule has 488 valence electrons. The van der Waals surface area contributed by atoms with E-state index in [2.05, 4.69) is 218 Å². The Balaban J connectivity index is 0.000000154. The molecule has 4 heterocycles. The molecule has 0 saturated heterocycles. The lowest BCUT2D eigenvalue weighted by Crippen LogP contribution is -2.00. The zero-order valence-corrected chi connectivity index (χ0v) is 56.3. The fourth-order valence-electron chi connectivity index (χ4n) is 12.8. The second kappa shape index (κ2) is 28.9. The van der Waals surface area contributed by atoms with E-state index in [-0.39, 0.29) is 0 Å². The van der Waals surface area contributed by atoms with Crippen molar-refractivity contribution in [2.75, 3.05) is 0 Å². The Morgan fingerprint density at radius 2 is 0.308 bits per heavy atom. The third-order valence-corrected chi connectivity index (χ3v) is 18.3. The number of rotatable bonds is 14. The van der Waals surface area contributed by atoms with E-state index in [1.54, 1.807) is 0 Å². The largest absolute Gasteiger partial charge is 0.228 e. The van der Waals surface area contributed by atoms with Crippen molar-refractivity contribution in [3.63, 3.8) is 0 Å². The van der Waals surface area contributed by atoms with Crippen LogP contribution >= 0.6 is 0 Å². The number of nitrogens with zero attached hydrogens (tertiary/aromatic N) is 10. The Kier molecular flexibility index (Phi) is 17.6. The van der Waals surface area contributed by atoms with E-state index < -0.39 is 0 Å². The monoisotopic (exact) mass is 1330 g/mol. The summed E-state index contributed by atoms with van der Waals surface area (Å²) in [6, 6.07) is 128. The Bertz CT molecular complexity index is 5580. The van der Waals surface area contributed by atoms with Crippen molar-refractivity contribution < 1.29 is 0 Å². The van der Waals surface area contributed by atoms with Crippen molar-refractivity contribution in [1.29, 1.82) is 0 Å². The van der Waals surface area contributed by atoms with Crippen LogP contribution in [-0.4, -0.2) is 49.8 Å². The number of hydrogen-bond acceptors (Lipinski definition) is 10. The van der Waals surface area contributed by atoms with Gasteiger partial charge in [-0.2, -0.15) is 0 Å². The Labute approximate surface area is 602 Å². The van der Waals surface area contributed by atoms with Gasteiger partial charge < -0.3 is 0 Å². The smallest absolute Gasteiger partial charge is 0.164 e. The molecular formula is C94H62N10. The van der Waals surface area contributed by atoms with Crippen LogP contribution in [0.25, 0.3) is 180 Å². The summed E-state index contributed by atoms with van der Waals surface area (Å²) in [7, 11) is 0. The second-order valence-electron chi connectivity index (χ2n) is 25.2. The average molecular weight is 1330 g/mol. The molecule has 14 aromatic carbocycles. The second-order valence-corrected chi connectivity index (χ2v) is 25.2. The summed E-state index contributed by atoms with van der Waals surface area (Å²) in [5, 5.41) is 4.64. The third-order valence-electron chi connectivity index (χ3n) is 18.3. The van der Waals surface area contributed by atoms with Crippen molar-refractivity contribution >= 4 is 21.5 Å². The van der Waals surface area contributed by atoms with Gasteiger partial charge in [-0.15, -0.1) is 0 Å². The van der Waals surface area contributed by atoms with Gasteiger partial charge in [0.25, 0.3) is 0 Å². The SMILES string of the molecule is c1ccc(-c2cc(-c3ccc(-c4cccc(-c5nc(-c6ccccc6)nc(-c6ccc7ccccc7c6)n5)c4)cc3)nc(-c3ccccc3)n2)cc1.c1ccc(-c2cc(-c3ccc(-c4cccc(-c5nc(-c6ccccc6)nc(-c6ccc7ccccc7c6)n5)c4)cc3)nc(-c3ccccc3)n2)cc1. The van der Waals surface area contributed by atoms with Gasteiger partial charge >= 0.3 is 0 Å². The van der Waals surface area contributed by atoms with Gasteiger partial charge in [0.05, 0.1) is 22.8 Å². The first kappa shape index (κ1) is 63.2. The van der Waals surface area contributed by atoms with Crippen LogP contribution < -0.4 is 0 Å². The average Bonchev–Trinajstić information content (AvgIpc) is 0.789. The summed E-state index contributed by atoms with van der Waals surface area (Å²) in [5.41, 5.74) is 19.5. The van der Waals surface area contributed by atoms with Gasteiger partial charge in [-0.1, -0.05) is 340 Å². The van der Waals surface area contributed by atoms with Crippen LogP contribution in [0.3, 0.4) is 0 Å². The van der Waals surface area contributed by atoms with Crippen molar-refractivity contribution in [3.05, 3.63) is 376 Å². The molecule has 0 unspecified atom stereocenters. The van der Waals surface area contributed by atoms with Crippen LogP contribution in [0.4, 0.5) is 0 Å². The Morgan fingerprint density at radius 1 is 0.106 bits per heavy atom. The van der Waals surface area contributed by atoms with Gasteiger partial charge in [0.1, 0.15) is 0 Å². The molecule has 0 N–H and O–H groups in total. The lowest BCUT2D eigenvalue weighted by molar-refractivity contribution is 1.07. The van der Waals surface area contributed by atoms with Crippen LogP contribution in [-0.2, 0) is 0 Å². The zero-order valence-electron chi connectivity index (χ0n) is 56.3. The molecule has 104 heavy (non-hydrogen) atoms. The first-order valence-electron chi connectivity index (χ1n) is 34.5. The number of benzene rings is 14. The number of aromatic nitrogens is 10. The van der Waals surface area contributed by atoms with Crippen LogP contribution in [0.2, 0.25) is 0 Å². The van der Waals surface area contributed by atoms with Crippen molar-refractivity contribution in [3.8, 4) is 158 Å². The predicted octanol–water partition coefficient (Wildman–Crippen LogP) is 23.0. The lowest BCUT2D eigenvalue weighted by Gasteiger charge is -2.11. The van der Waals surface area contributed by atoms with Crippen LogP contribution in [0, 0.1) is 0 Å². The van der Waals surface area contributed by atoms with Gasteiger partial charge in [-0.3, -0.25) is 0 Å². The molecule has 4 aromatic heterocycles. The minimum absolute atomic E-state index is 0.623. The topological polar surface area (TPSA) is 129 Å². The molecular weight excluding hydrogens is 1270 g/mol. The first-order chi connectivity index (χ1) is 51.5. The quantitative estimate of drug-likeness (QED) is 0.104. The highest BCUT2D eigenvalue weighted by Crippen LogP contribution is 2.36. The summed E-state index contributed by atoms with van der Waals surface area (Å²) in [5.74, 6) is 5.19. The van der Waals surface area contributed by atoms with Gasteiger partial charge in [-0.25, -0.2) is 49.8 Å². The molecule has 0 fully saturated rings. The molecule has 10 nitrogen and oxygen atoms in total. The summed E-state index contributed by atoms with van der Waals surface area (Å²) in [6.45, 7) is 0. The first-order valence-corrected chi connectivity index (χ1v) is 34.5. The maximum atomic E-state index is 5.02. The molecule has 0 aliphatic heterocycles. The van der Waals surface area contributed by atoms with E-state index in [1.807, 2.05) is 158 Å². The fourth-order valence-corrected chi connectivity index (χ4v) is 12.8. The molecule has 10 heteroatoms. The predicted molar refractivity (Wildman–Crippen MR) is 422 cm³/mol. The fraction of sp³-hybridized carbons (Fsp3) is 0. The summed E-state index contributed by atoms with van der Waals surface area (Å²) >= 11 is 0. The molecule has 0 spiro atoms. The van der Waals surface area contributed by atoms with E-state index in [0.717, 1.165) is 123 Å². The molecule has 18 rings (SSSR count). The van der Waals surface area contributed by atoms with E-state index in [1.165, 1.54) is 10.8 Å². The van der Waals surface area contributed by atoms with Gasteiger partial charge in [-0.05, 0) is 80.2 Å². The Hall–Kier alpha value is -14.2. The molecule has 0 aliphatic rings. The maximum absolute atomic E-state index is 5.02. The van der Waals surface area contributed by atoms with Gasteiger partial charge in [0, 0.05) is 66.8 Å². The molecule has 18 aromatic rings. The standard InChI is InChI=1S/2C47H31N5/c2*1-4-14-34(15-5-1)42-31-43(49-44(48-42)36-16-6-2-7-17-36)35-26-23-33(24-27-35)39-21-12-22-40(29-39)46-50-45(37-18-8-3-9-19-37)51-47(52-46)41-28-25-32-13-10-11-20-38(32)30-41/h2*1-31H. The molecule has 0 bridgehead atoms. The molecule has 0 amide bonds. The zero-order chi connectivity index (χ0) is 69.4. The number of fused-ring (bicyclic) bond motifs is 2. The summed E-state index contributed by atoms with van der Waals surface area (Å²) < 4.78 is 0. The van der Waals surface area contributed by atoms with E-state index >= 15 is 0 Å². The number of hydrogen-bond donors (Lipinski definition) is 0. The van der Waals surface area contributed by atoms with Crippen LogP contribution in [0.5, 0.6) is 0 Å². The highest BCUT2D eigenvalue weighted by atomic mass is 15.0. The van der Waals surface area contributed by atoms with Crippen LogP contribution in [0.15, 0.2) is 376 Å². The highest BCUT2D eigenvalue weighted by molar-refractivity contribution is 5.89. The molecule has 0 saturated carbocycles. The van der Waals surface area contributed by atoms with Gasteiger partial charge in [0.15, 0.2) is 46.6 Å². The molecule has 0 aliphatic carbocycles. The van der Waals surface area contributed by atoms with E-state index in [0.29, 0.717) is 46.6 Å². The van der Waals surface area contributed by atoms with E-state index in [9.17, 15) is 0 Å². The normalized spacial score (nSPS) is 11.1. The molecule has 0 atom stereocenters. The Morgan fingerprint density at radius 3 is 0.615 bits per heavy atom. The molecule has 0 radical (unpaired) electrons. The van der Waals surface area contributed by atoms with Crippen molar-refractivity contribution in [2.24, 2.45) is 0 Å². The van der Waals surface area contributed by atoms with Crippen molar-refractivity contribution in [2.45, 2.75) is 0 Å². The van der Waals surface area contributed by atoms with Crippen molar-refractivity contribution in [1.82, 2.24) is 49.8 Å². The summed E-state index contributed by atoms with van der Waals surface area (Å²) in [4.78, 5) is 49.8. The van der Waals surface area contributed by atoms with E-state index in [4.69, 9.17) is 49.8 Å². The van der Waals surface area contributed by atoms with Gasteiger partial charge in [0.2, 0.25) is 0 Å². The summed E-state index contributed by atoms with van der Waals surface area (Å²) in [6.07, 6.45) is 0.